The van der Waals surface area contributed by atoms with Crippen LogP contribution in [-0.2, 0) is 28.6 Å². The Morgan fingerprint density at radius 1 is 0.407 bits per heavy atom. The van der Waals surface area contributed by atoms with Gasteiger partial charge in [-0.2, -0.15) is 0 Å². The van der Waals surface area contributed by atoms with Gasteiger partial charge in [-0.1, -0.05) is 169 Å². The normalized spacial score (nSPS) is 13.2. The maximum Gasteiger partial charge on any atom is 0.309 e. The van der Waals surface area contributed by atoms with Crippen molar-refractivity contribution in [2.24, 2.45) is 0 Å². The first-order chi connectivity index (χ1) is 26.5. The first kappa shape index (κ1) is 50.1. The molecule has 0 rings (SSSR count). The molecule has 0 bridgehead atoms. The summed E-state index contributed by atoms with van der Waals surface area (Å²) in [5.41, 5.74) is 0. The maximum absolute atomic E-state index is 12.7. The summed E-state index contributed by atoms with van der Waals surface area (Å²) in [5.74, 6) is -1.12. The number of ether oxygens (including phenoxy) is 3. The molecule has 0 spiro atoms. The Morgan fingerprint density at radius 3 is 1.44 bits per heavy atom. The molecule has 54 heavy (non-hydrogen) atoms. The van der Waals surface area contributed by atoms with E-state index in [-0.39, 0.29) is 38.0 Å². The van der Waals surface area contributed by atoms with Gasteiger partial charge in [0.05, 0.1) is 6.42 Å². The van der Waals surface area contributed by atoms with Crippen molar-refractivity contribution in [1.29, 1.82) is 0 Å². The molecule has 0 amide bonds. The molecule has 0 aromatic rings. The lowest BCUT2D eigenvalue weighted by atomic mass is 10.1. The number of hydrogen-bond acceptors (Lipinski definition) is 6. The Labute approximate surface area is 330 Å². The van der Waals surface area contributed by atoms with Crippen LogP contribution < -0.4 is 0 Å². The van der Waals surface area contributed by atoms with Crippen LogP contribution in [0.3, 0.4) is 0 Å². The van der Waals surface area contributed by atoms with Crippen molar-refractivity contribution in [3.63, 3.8) is 0 Å². The molecule has 0 fully saturated rings. The summed E-state index contributed by atoms with van der Waals surface area (Å²) < 4.78 is 16.5. The van der Waals surface area contributed by atoms with E-state index in [2.05, 4.69) is 81.5 Å². The van der Waals surface area contributed by atoms with Crippen LogP contribution in [0.4, 0.5) is 0 Å². The van der Waals surface area contributed by atoms with E-state index in [1.165, 1.54) is 25.7 Å². The molecule has 1 atom stereocenters. The van der Waals surface area contributed by atoms with E-state index in [1.807, 2.05) is 42.5 Å². The fourth-order valence-corrected chi connectivity index (χ4v) is 5.08. The van der Waals surface area contributed by atoms with Crippen molar-refractivity contribution < 1.29 is 28.6 Å². The molecule has 0 saturated carbocycles. The second-order valence-electron chi connectivity index (χ2n) is 13.2. The third-order valence-electron chi connectivity index (χ3n) is 8.13. The number of esters is 3. The third-order valence-corrected chi connectivity index (χ3v) is 8.13. The topological polar surface area (TPSA) is 78.9 Å². The highest BCUT2D eigenvalue weighted by Crippen LogP contribution is 2.12. The Morgan fingerprint density at radius 2 is 0.833 bits per heavy atom. The van der Waals surface area contributed by atoms with Crippen LogP contribution in [-0.4, -0.2) is 37.2 Å². The Hall–Kier alpha value is -3.93. The summed E-state index contributed by atoms with van der Waals surface area (Å²) in [7, 11) is 0. The van der Waals surface area contributed by atoms with E-state index in [0.717, 1.165) is 83.5 Å². The van der Waals surface area contributed by atoms with Crippen molar-refractivity contribution in [2.45, 2.75) is 162 Å². The quantitative estimate of drug-likeness (QED) is 0.0211. The number of hydrogen-bond donors (Lipinski definition) is 0. The largest absolute Gasteiger partial charge is 0.462 e. The molecule has 0 saturated heterocycles. The molecule has 0 N–H and O–H groups in total. The predicted octanol–water partition coefficient (Wildman–Crippen LogP) is 13.2. The van der Waals surface area contributed by atoms with Gasteiger partial charge in [0.15, 0.2) is 6.10 Å². The van der Waals surface area contributed by atoms with Crippen molar-refractivity contribution in [3.05, 3.63) is 109 Å². The van der Waals surface area contributed by atoms with Gasteiger partial charge in [0.1, 0.15) is 13.2 Å². The van der Waals surface area contributed by atoms with Crippen LogP contribution >= 0.6 is 0 Å². The zero-order chi connectivity index (χ0) is 39.4. The summed E-state index contributed by atoms with van der Waals surface area (Å²) in [4.78, 5) is 37.5. The molecule has 6 nitrogen and oxygen atoms in total. The van der Waals surface area contributed by atoms with E-state index in [9.17, 15) is 14.4 Å². The van der Waals surface area contributed by atoms with Crippen LogP contribution in [0, 0.1) is 0 Å². The number of rotatable bonds is 35. The standard InChI is InChI=1S/C48H74O6/c1-4-7-10-13-16-19-21-23-25-26-29-32-35-38-41-47(50)53-44-45(43-52-46(49)40-37-34-31-28-18-15-12-9-6-3)54-48(51)42-39-36-33-30-27-24-22-20-17-14-11-8-5-2/h7-12,14,16-20,22,24,27-28,34,37,45H,4-6,13,15,21,23,25-26,29-33,35-36,38-44H2,1-3H3/b10-7-,11-8-,12-9-,17-14-,19-16-,22-20-,27-24-,28-18-,37-34-. The van der Waals surface area contributed by atoms with Crippen LogP contribution in [0.15, 0.2) is 109 Å². The van der Waals surface area contributed by atoms with Crippen molar-refractivity contribution >= 4 is 17.9 Å². The lowest BCUT2D eigenvalue weighted by molar-refractivity contribution is -0.166. The minimum absolute atomic E-state index is 0.120. The molecule has 0 aromatic heterocycles. The van der Waals surface area contributed by atoms with E-state index in [1.54, 1.807) is 6.08 Å². The van der Waals surface area contributed by atoms with Gasteiger partial charge < -0.3 is 14.2 Å². The zero-order valence-electron chi connectivity index (χ0n) is 34.2. The second kappa shape index (κ2) is 41.8. The lowest BCUT2D eigenvalue weighted by Gasteiger charge is -2.18. The van der Waals surface area contributed by atoms with Gasteiger partial charge in [-0.15, -0.1) is 0 Å². The van der Waals surface area contributed by atoms with E-state index < -0.39 is 12.1 Å². The van der Waals surface area contributed by atoms with Crippen LogP contribution in [0.5, 0.6) is 0 Å². The monoisotopic (exact) mass is 747 g/mol. The molecular formula is C48H74O6. The molecule has 0 aliphatic heterocycles. The number of unbranched alkanes of at least 4 members (excludes halogenated alkanes) is 10. The van der Waals surface area contributed by atoms with Gasteiger partial charge in [0.25, 0.3) is 0 Å². The summed E-state index contributed by atoms with van der Waals surface area (Å²) >= 11 is 0. The van der Waals surface area contributed by atoms with E-state index in [0.29, 0.717) is 12.8 Å². The fraction of sp³-hybridized carbons (Fsp3) is 0.562. The first-order valence-corrected chi connectivity index (χ1v) is 20.9. The van der Waals surface area contributed by atoms with Crippen LogP contribution in [0.25, 0.3) is 0 Å². The Kier molecular flexibility index (Phi) is 38.8. The predicted molar refractivity (Wildman–Crippen MR) is 228 cm³/mol. The van der Waals surface area contributed by atoms with E-state index >= 15 is 0 Å². The molecule has 0 heterocycles. The number of carbonyl (C=O) groups is 3. The Balaban J connectivity index is 4.54. The highest BCUT2D eigenvalue weighted by Gasteiger charge is 2.19. The maximum atomic E-state index is 12.7. The van der Waals surface area contributed by atoms with Gasteiger partial charge in [-0.3, -0.25) is 14.4 Å². The molecule has 0 aliphatic rings. The molecule has 302 valence electrons. The lowest BCUT2D eigenvalue weighted by Crippen LogP contribution is -2.30. The third kappa shape index (κ3) is 39.3. The summed E-state index contributed by atoms with van der Waals surface area (Å²) in [6.45, 7) is 6.09. The second-order valence-corrected chi connectivity index (χ2v) is 13.2. The minimum atomic E-state index is -0.836. The van der Waals surface area contributed by atoms with Crippen LogP contribution in [0.1, 0.15) is 156 Å². The summed E-state index contributed by atoms with van der Waals surface area (Å²) in [6.07, 6.45) is 55.4. The fourth-order valence-electron chi connectivity index (χ4n) is 5.08. The number of carbonyl (C=O) groups excluding carboxylic acids is 3. The zero-order valence-corrected chi connectivity index (χ0v) is 34.2. The van der Waals surface area contributed by atoms with Crippen molar-refractivity contribution in [1.82, 2.24) is 0 Å². The SMILES string of the molecule is CC\C=C/C=C\C=C/C=C\CCCCCC(=O)OC(COC(=O)C/C=C\C/C=C\C/C=C\CC)COC(=O)CCCCCCCCC/C=C\C/C=C\CC. The van der Waals surface area contributed by atoms with Crippen molar-refractivity contribution in [3.8, 4) is 0 Å². The molecule has 0 radical (unpaired) electrons. The highest BCUT2D eigenvalue weighted by atomic mass is 16.6. The number of allylic oxidation sites excluding steroid dienone is 17. The van der Waals surface area contributed by atoms with Crippen LogP contribution in [0.2, 0.25) is 0 Å². The highest BCUT2D eigenvalue weighted by molar-refractivity contribution is 5.72. The summed E-state index contributed by atoms with van der Waals surface area (Å²) in [5, 5.41) is 0. The summed E-state index contributed by atoms with van der Waals surface area (Å²) in [6, 6.07) is 0. The van der Waals surface area contributed by atoms with Gasteiger partial charge >= 0.3 is 17.9 Å². The van der Waals surface area contributed by atoms with Gasteiger partial charge in [-0.05, 0) is 77.0 Å². The van der Waals surface area contributed by atoms with Crippen molar-refractivity contribution in [2.75, 3.05) is 13.2 Å². The van der Waals surface area contributed by atoms with Gasteiger partial charge in [0, 0.05) is 12.8 Å². The smallest absolute Gasteiger partial charge is 0.309 e. The van der Waals surface area contributed by atoms with E-state index in [4.69, 9.17) is 14.2 Å². The first-order valence-electron chi connectivity index (χ1n) is 20.9. The van der Waals surface area contributed by atoms with Gasteiger partial charge in [-0.25, -0.2) is 0 Å². The molecule has 0 aromatic carbocycles. The molecule has 0 aliphatic carbocycles. The minimum Gasteiger partial charge on any atom is -0.462 e. The average molecular weight is 747 g/mol. The molecule has 1 unspecified atom stereocenters. The Bertz CT molecular complexity index is 1180. The van der Waals surface area contributed by atoms with Gasteiger partial charge in [0.2, 0.25) is 0 Å². The average Bonchev–Trinajstić information content (AvgIpc) is 3.17. The molecule has 6 heteroatoms. The molecular weight excluding hydrogens is 673 g/mol.